The van der Waals surface area contributed by atoms with Gasteiger partial charge in [-0.25, -0.2) is 4.39 Å². The normalized spacial score (nSPS) is 28.0. The number of halogens is 1. The van der Waals surface area contributed by atoms with Crippen LogP contribution in [0.15, 0.2) is 48.5 Å². The summed E-state index contributed by atoms with van der Waals surface area (Å²) in [7, 11) is 0. The monoisotopic (exact) mass is 339 g/mol. The van der Waals surface area contributed by atoms with Crippen molar-refractivity contribution in [3.63, 3.8) is 0 Å². The van der Waals surface area contributed by atoms with E-state index in [9.17, 15) is 9.18 Å². The van der Waals surface area contributed by atoms with Gasteiger partial charge in [-0.15, -0.1) is 0 Å². The quantitative estimate of drug-likeness (QED) is 0.935. The van der Waals surface area contributed by atoms with Gasteiger partial charge >= 0.3 is 0 Å². The highest BCUT2D eigenvalue weighted by molar-refractivity contribution is 5.86. The van der Waals surface area contributed by atoms with E-state index in [4.69, 9.17) is 9.47 Å². The standard InChI is InChI=1S/C20H18FNO3/c21-14-7-5-13(6-8-14)20(11-24-12-20)22-18(23)16-9-19(16)10-25-17-4-2-1-3-15(17)19/h1-8,16H,9-12H2,(H,22,23). The summed E-state index contributed by atoms with van der Waals surface area (Å²) < 4.78 is 24.3. The maximum atomic E-state index is 13.2. The molecule has 2 aromatic rings. The Bertz CT molecular complexity index is 846. The van der Waals surface area contributed by atoms with Crippen LogP contribution < -0.4 is 10.1 Å². The fourth-order valence-electron chi connectivity index (χ4n) is 4.10. The highest BCUT2D eigenvalue weighted by Crippen LogP contribution is 2.60. The summed E-state index contributed by atoms with van der Waals surface area (Å²) in [6, 6.07) is 14.2. The number of nitrogens with one attached hydrogen (secondary N) is 1. The van der Waals surface area contributed by atoms with Gasteiger partial charge in [0.1, 0.15) is 17.1 Å². The van der Waals surface area contributed by atoms with E-state index in [0.29, 0.717) is 19.8 Å². The molecule has 1 amide bonds. The smallest absolute Gasteiger partial charge is 0.225 e. The minimum atomic E-state index is -0.548. The number of carbonyl (C=O) groups is 1. The number of amides is 1. The maximum absolute atomic E-state index is 13.2. The van der Waals surface area contributed by atoms with Crippen molar-refractivity contribution in [1.82, 2.24) is 5.32 Å². The fraction of sp³-hybridized carbons (Fsp3) is 0.350. The van der Waals surface area contributed by atoms with Gasteiger partial charge in [-0.1, -0.05) is 30.3 Å². The SMILES string of the molecule is O=C(NC1(c2ccc(F)cc2)COC1)C1CC12COc1ccccc12. The zero-order chi connectivity index (χ0) is 17.1. The van der Waals surface area contributed by atoms with E-state index in [1.54, 1.807) is 12.1 Å². The Hall–Kier alpha value is -2.40. The molecule has 2 aliphatic heterocycles. The molecule has 1 saturated carbocycles. The Morgan fingerprint density at radius 3 is 2.56 bits per heavy atom. The van der Waals surface area contributed by atoms with Gasteiger partial charge in [0.15, 0.2) is 0 Å². The molecule has 2 fully saturated rings. The molecule has 4 nitrogen and oxygen atoms in total. The zero-order valence-corrected chi connectivity index (χ0v) is 13.6. The lowest BCUT2D eigenvalue weighted by atomic mass is 9.87. The summed E-state index contributed by atoms with van der Waals surface area (Å²) in [5.74, 6) is 0.534. The molecule has 0 aromatic heterocycles. The van der Waals surface area contributed by atoms with E-state index >= 15 is 0 Å². The highest BCUT2D eigenvalue weighted by atomic mass is 19.1. The first-order valence-corrected chi connectivity index (χ1v) is 8.51. The number of hydrogen-bond acceptors (Lipinski definition) is 3. The highest BCUT2D eigenvalue weighted by Gasteiger charge is 2.64. The maximum Gasteiger partial charge on any atom is 0.225 e. The van der Waals surface area contributed by atoms with Crippen LogP contribution in [0.25, 0.3) is 0 Å². The van der Waals surface area contributed by atoms with Crippen LogP contribution in [0.3, 0.4) is 0 Å². The van der Waals surface area contributed by atoms with Crippen molar-refractivity contribution in [2.24, 2.45) is 5.92 Å². The lowest BCUT2D eigenvalue weighted by Gasteiger charge is -2.42. The number of fused-ring (bicyclic) bond motifs is 2. The zero-order valence-electron chi connectivity index (χ0n) is 13.6. The van der Waals surface area contributed by atoms with Gasteiger partial charge < -0.3 is 14.8 Å². The van der Waals surface area contributed by atoms with Gasteiger partial charge in [0.05, 0.1) is 25.7 Å². The van der Waals surface area contributed by atoms with E-state index in [1.807, 2.05) is 18.2 Å². The average Bonchev–Trinajstić information content (AvgIpc) is 3.22. The van der Waals surface area contributed by atoms with E-state index in [0.717, 1.165) is 23.3 Å². The number of ether oxygens (including phenoxy) is 2. The van der Waals surface area contributed by atoms with Crippen molar-refractivity contribution in [2.45, 2.75) is 17.4 Å². The second-order valence-electron chi connectivity index (χ2n) is 7.27. The Morgan fingerprint density at radius 2 is 1.84 bits per heavy atom. The summed E-state index contributed by atoms with van der Waals surface area (Å²) in [5.41, 5.74) is 1.28. The second kappa shape index (κ2) is 5.05. The van der Waals surface area contributed by atoms with Gasteiger partial charge in [0.2, 0.25) is 5.91 Å². The Morgan fingerprint density at radius 1 is 1.08 bits per heavy atom. The van der Waals surface area contributed by atoms with Crippen molar-refractivity contribution in [1.29, 1.82) is 0 Å². The van der Waals surface area contributed by atoms with E-state index in [2.05, 4.69) is 11.4 Å². The average molecular weight is 339 g/mol. The molecule has 2 atom stereocenters. The van der Waals surface area contributed by atoms with Gasteiger partial charge in [-0.2, -0.15) is 0 Å². The Kier molecular flexibility index (Phi) is 3.01. The molecule has 1 spiro atoms. The van der Waals surface area contributed by atoms with Crippen molar-refractivity contribution in [3.05, 3.63) is 65.5 Å². The second-order valence-corrected chi connectivity index (χ2v) is 7.27. The molecular weight excluding hydrogens is 321 g/mol. The number of para-hydroxylation sites is 1. The lowest BCUT2D eigenvalue weighted by Crippen LogP contribution is -2.60. The van der Waals surface area contributed by atoms with Crippen molar-refractivity contribution in [2.75, 3.05) is 19.8 Å². The van der Waals surface area contributed by atoms with Crippen molar-refractivity contribution < 1.29 is 18.7 Å². The molecule has 25 heavy (non-hydrogen) atoms. The summed E-state index contributed by atoms with van der Waals surface area (Å²) in [4.78, 5) is 12.9. The van der Waals surface area contributed by atoms with E-state index in [1.165, 1.54) is 12.1 Å². The lowest BCUT2D eigenvalue weighted by molar-refractivity contribution is -0.135. The summed E-state index contributed by atoms with van der Waals surface area (Å²) in [6.07, 6.45) is 0.802. The van der Waals surface area contributed by atoms with Crippen LogP contribution in [0.5, 0.6) is 5.75 Å². The summed E-state index contributed by atoms with van der Waals surface area (Å²) in [6.45, 7) is 1.39. The van der Waals surface area contributed by atoms with Crippen LogP contribution >= 0.6 is 0 Å². The first-order valence-electron chi connectivity index (χ1n) is 8.51. The molecule has 1 saturated heterocycles. The molecule has 1 N–H and O–H groups in total. The summed E-state index contributed by atoms with van der Waals surface area (Å²) in [5, 5.41) is 3.17. The minimum Gasteiger partial charge on any atom is -0.492 e. The van der Waals surface area contributed by atoms with Crippen molar-refractivity contribution >= 4 is 5.91 Å². The topological polar surface area (TPSA) is 47.6 Å². The molecule has 3 aliphatic rings. The predicted octanol–water partition coefficient (Wildman–Crippen LogP) is 2.52. The molecule has 1 aliphatic carbocycles. The molecule has 5 heteroatoms. The number of hydrogen-bond donors (Lipinski definition) is 1. The van der Waals surface area contributed by atoms with Gasteiger partial charge in [-0.3, -0.25) is 4.79 Å². The third-order valence-electron chi connectivity index (χ3n) is 5.76. The van der Waals surface area contributed by atoms with Gasteiger partial charge in [0, 0.05) is 11.0 Å². The number of rotatable bonds is 3. The minimum absolute atomic E-state index is 0.0212. The van der Waals surface area contributed by atoms with E-state index < -0.39 is 5.54 Å². The molecule has 5 rings (SSSR count). The molecule has 0 radical (unpaired) electrons. The summed E-state index contributed by atoms with van der Waals surface area (Å²) >= 11 is 0. The van der Waals surface area contributed by atoms with Crippen LogP contribution in [-0.2, 0) is 20.5 Å². The fourth-order valence-corrected chi connectivity index (χ4v) is 4.10. The third kappa shape index (κ3) is 2.12. The molecule has 128 valence electrons. The molecule has 2 unspecified atom stereocenters. The van der Waals surface area contributed by atoms with Crippen LogP contribution in [0.1, 0.15) is 17.5 Å². The first kappa shape index (κ1) is 14.9. The van der Waals surface area contributed by atoms with Crippen LogP contribution in [0.2, 0.25) is 0 Å². The predicted molar refractivity (Wildman–Crippen MR) is 88.8 cm³/mol. The first-order chi connectivity index (χ1) is 12.1. The molecular formula is C20H18FNO3. The largest absolute Gasteiger partial charge is 0.492 e. The van der Waals surface area contributed by atoms with E-state index in [-0.39, 0.29) is 23.1 Å². The Labute approximate surface area is 144 Å². The van der Waals surface area contributed by atoms with Crippen LogP contribution in [0, 0.1) is 11.7 Å². The third-order valence-corrected chi connectivity index (χ3v) is 5.76. The molecule has 2 aromatic carbocycles. The van der Waals surface area contributed by atoms with Gasteiger partial charge in [0.25, 0.3) is 0 Å². The Balaban J connectivity index is 1.37. The van der Waals surface area contributed by atoms with Crippen LogP contribution in [0.4, 0.5) is 4.39 Å². The van der Waals surface area contributed by atoms with Crippen molar-refractivity contribution in [3.8, 4) is 5.75 Å². The van der Waals surface area contributed by atoms with Gasteiger partial charge in [-0.05, 0) is 30.2 Å². The number of carbonyl (C=O) groups excluding carboxylic acids is 1. The number of benzene rings is 2. The molecule has 2 heterocycles. The molecule has 0 bridgehead atoms. The van der Waals surface area contributed by atoms with Crippen LogP contribution in [-0.4, -0.2) is 25.7 Å².